The number of nitrogens with one attached hydrogen (secondary N) is 1. The van der Waals surface area contributed by atoms with Crippen LogP contribution in [0.1, 0.15) is 23.6 Å². The minimum absolute atomic E-state index is 0.147. The largest absolute Gasteiger partial charge is 0.379 e. The summed E-state index contributed by atoms with van der Waals surface area (Å²) in [7, 11) is 0. The lowest BCUT2D eigenvalue weighted by Gasteiger charge is -2.22. The van der Waals surface area contributed by atoms with Crippen molar-refractivity contribution in [2.24, 2.45) is 0 Å². The van der Waals surface area contributed by atoms with Crippen molar-refractivity contribution in [3.63, 3.8) is 0 Å². The molecule has 3 nitrogen and oxygen atoms in total. The number of aromatic amines is 1. The van der Waals surface area contributed by atoms with E-state index in [-0.39, 0.29) is 11.1 Å². The Bertz CT molecular complexity index is 915. The van der Waals surface area contributed by atoms with Gasteiger partial charge in [0.15, 0.2) is 0 Å². The maximum Gasteiger partial charge on any atom is 0.270 e. The number of aromatic nitrogens is 1. The zero-order valence-corrected chi connectivity index (χ0v) is 13.1. The van der Waals surface area contributed by atoms with Gasteiger partial charge in [0.25, 0.3) is 12.0 Å². The van der Waals surface area contributed by atoms with Crippen LogP contribution in [0.4, 0.5) is 8.78 Å². The molecule has 0 fully saturated rings. The molecule has 1 heterocycles. The van der Waals surface area contributed by atoms with Gasteiger partial charge in [0, 0.05) is 17.5 Å². The van der Waals surface area contributed by atoms with Gasteiger partial charge in [0.1, 0.15) is 5.60 Å². The van der Waals surface area contributed by atoms with E-state index in [0.717, 1.165) is 23.4 Å². The van der Waals surface area contributed by atoms with E-state index in [4.69, 9.17) is 0 Å². The second-order valence-electron chi connectivity index (χ2n) is 6.03. The molecule has 0 bridgehead atoms. The number of hydrogen-bond acceptors (Lipinski definition) is 2. The van der Waals surface area contributed by atoms with Crippen molar-refractivity contribution in [3.05, 3.63) is 81.6 Å². The van der Waals surface area contributed by atoms with Gasteiger partial charge in [-0.15, -0.1) is 0 Å². The molecule has 124 valence electrons. The highest BCUT2D eigenvalue weighted by Gasteiger charge is 2.33. The third-order valence-electron chi connectivity index (χ3n) is 4.19. The molecule has 0 aliphatic heterocycles. The average molecular weight is 329 g/mol. The Balaban J connectivity index is 1.89. The van der Waals surface area contributed by atoms with Gasteiger partial charge in [-0.25, -0.2) is 8.78 Å². The van der Waals surface area contributed by atoms with Crippen molar-refractivity contribution >= 4 is 10.9 Å². The summed E-state index contributed by atoms with van der Waals surface area (Å²) in [5, 5.41) is 10.7. The Labute approximate surface area is 137 Å². The van der Waals surface area contributed by atoms with E-state index in [1.54, 1.807) is 12.1 Å². The number of benzene rings is 2. The number of pyridine rings is 1. The first-order chi connectivity index (χ1) is 11.4. The van der Waals surface area contributed by atoms with Crippen LogP contribution >= 0.6 is 0 Å². The van der Waals surface area contributed by atoms with Gasteiger partial charge in [-0.05, 0) is 35.6 Å². The third-order valence-corrected chi connectivity index (χ3v) is 4.19. The zero-order valence-electron chi connectivity index (χ0n) is 13.1. The Morgan fingerprint density at radius 3 is 2.46 bits per heavy atom. The van der Waals surface area contributed by atoms with Crippen molar-refractivity contribution in [2.75, 3.05) is 0 Å². The van der Waals surface area contributed by atoms with Gasteiger partial charge in [-0.3, -0.25) is 4.79 Å². The van der Waals surface area contributed by atoms with Gasteiger partial charge in [0.05, 0.1) is 0 Å². The maximum absolute atomic E-state index is 12.9. The second kappa shape index (κ2) is 6.17. The van der Waals surface area contributed by atoms with Gasteiger partial charge in [-0.1, -0.05) is 42.5 Å². The van der Waals surface area contributed by atoms with Gasteiger partial charge in [0.2, 0.25) is 0 Å². The molecule has 0 aliphatic rings. The number of hydrogen-bond donors (Lipinski definition) is 2. The molecule has 24 heavy (non-hydrogen) atoms. The summed E-state index contributed by atoms with van der Waals surface area (Å²) in [6.45, 7) is 1.08. The lowest BCUT2D eigenvalue weighted by atomic mass is 9.94. The van der Waals surface area contributed by atoms with Gasteiger partial charge in [-0.2, -0.15) is 0 Å². The van der Waals surface area contributed by atoms with Crippen molar-refractivity contribution in [2.45, 2.75) is 25.4 Å². The van der Waals surface area contributed by atoms with Crippen molar-refractivity contribution < 1.29 is 13.9 Å². The Kier molecular flexibility index (Phi) is 4.20. The fourth-order valence-corrected chi connectivity index (χ4v) is 2.63. The first kappa shape index (κ1) is 16.3. The Morgan fingerprint density at radius 2 is 1.79 bits per heavy atom. The first-order valence-electron chi connectivity index (χ1n) is 7.59. The highest BCUT2D eigenvalue weighted by atomic mass is 19.3. The molecular weight excluding hydrogens is 312 g/mol. The van der Waals surface area contributed by atoms with Crippen LogP contribution in [0.15, 0.2) is 59.4 Å². The van der Waals surface area contributed by atoms with Crippen molar-refractivity contribution in [1.82, 2.24) is 4.98 Å². The van der Waals surface area contributed by atoms with E-state index in [0.29, 0.717) is 12.0 Å². The average Bonchev–Trinajstić information content (AvgIpc) is 2.56. The molecule has 1 aromatic heterocycles. The van der Waals surface area contributed by atoms with Crippen LogP contribution in [0.3, 0.4) is 0 Å². The molecule has 3 rings (SSSR count). The van der Waals surface area contributed by atoms with Crippen LogP contribution in [-0.2, 0) is 12.0 Å². The standard InChI is InChI=1S/C19H17F2NO2/c1-19(24,18(20)21)15-8-6-12(7-9-15)10-14-11-13-4-2-3-5-16(13)22-17(14)23/h2-9,11,18,24H,10H2,1H3,(H,22,23)/t19-/m1/s1. The van der Waals surface area contributed by atoms with E-state index in [1.807, 2.05) is 30.3 Å². The predicted octanol–water partition coefficient (Wildman–Crippen LogP) is 3.59. The normalized spacial score (nSPS) is 14.0. The molecule has 5 heteroatoms. The van der Waals surface area contributed by atoms with E-state index >= 15 is 0 Å². The van der Waals surface area contributed by atoms with Gasteiger partial charge < -0.3 is 10.1 Å². The summed E-state index contributed by atoms with van der Waals surface area (Å²) < 4.78 is 25.7. The first-order valence-corrected chi connectivity index (χ1v) is 7.59. The van der Waals surface area contributed by atoms with Crippen LogP contribution in [0.25, 0.3) is 10.9 Å². The minimum atomic E-state index is -2.87. The van der Waals surface area contributed by atoms with Crippen LogP contribution in [0, 0.1) is 0 Å². The summed E-state index contributed by atoms with van der Waals surface area (Å²) >= 11 is 0. The van der Waals surface area contributed by atoms with E-state index in [2.05, 4.69) is 4.98 Å². The number of H-pyrrole nitrogens is 1. The molecule has 2 N–H and O–H groups in total. The van der Waals surface area contributed by atoms with Crippen LogP contribution in [-0.4, -0.2) is 16.5 Å². The SMILES string of the molecule is C[C@@](O)(c1ccc(Cc2cc3ccccc3[nH]c2=O)cc1)C(F)F. The number of aliphatic hydroxyl groups is 1. The molecule has 0 saturated carbocycles. The van der Waals surface area contributed by atoms with Crippen LogP contribution in [0.5, 0.6) is 0 Å². The quantitative estimate of drug-likeness (QED) is 0.768. The summed E-state index contributed by atoms with van der Waals surface area (Å²) in [6.07, 6.45) is -2.48. The highest BCUT2D eigenvalue weighted by molar-refractivity contribution is 5.78. The molecule has 3 aromatic rings. The van der Waals surface area contributed by atoms with E-state index in [1.165, 1.54) is 12.1 Å². The van der Waals surface area contributed by atoms with Crippen molar-refractivity contribution in [3.8, 4) is 0 Å². The maximum atomic E-state index is 12.9. The third kappa shape index (κ3) is 3.08. The monoisotopic (exact) mass is 329 g/mol. The Morgan fingerprint density at radius 1 is 1.12 bits per heavy atom. The lowest BCUT2D eigenvalue weighted by Crippen LogP contribution is -2.30. The number of para-hydroxylation sites is 1. The minimum Gasteiger partial charge on any atom is -0.379 e. The molecule has 0 spiro atoms. The highest BCUT2D eigenvalue weighted by Crippen LogP contribution is 2.28. The predicted molar refractivity (Wildman–Crippen MR) is 89.4 cm³/mol. The molecule has 0 radical (unpaired) electrons. The smallest absolute Gasteiger partial charge is 0.270 e. The van der Waals surface area contributed by atoms with Crippen LogP contribution in [0.2, 0.25) is 0 Å². The summed E-state index contributed by atoms with van der Waals surface area (Å²) in [6, 6.07) is 15.6. The van der Waals surface area contributed by atoms with E-state index in [9.17, 15) is 18.7 Å². The molecule has 0 aliphatic carbocycles. The lowest BCUT2D eigenvalue weighted by molar-refractivity contribution is -0.0883. The molecule has 0 amide bonds. The number of alkyl halides is 2. The molecule has 2 aromatic carbocycles. The molecule has 1 atom stereocenters. The molecular formula is C19H17F2NO2. The van der Waals surface area contributed by atoms with Crippen molar-refractivity contribution in [1.29, 1.82) is 0 Å². The van der Waals surface area contributed by atoms with Crippen LogP contribution < -0.4 is 5.56 Å². The fraction of sp³-hybridized carbons (Fsp3) is 0.211. The summed E-state index contributed by atoms with van der Waals surface area (Å²) in [5.74, 6) is 0. The second-order valence-corrected chi connectivity index (χ2v) is 6.03. The Hall–Kier alpha value is -2.53. The number of rotatable bonds is 4. The van der Waals surface area contributed by atoms with E-state index < -0.39 is 12.0 Å². The molecule has 0 unspecified atom stereocenters. The topological polar surface area (TPSA) is 53.1 Å². The summed E-state index contributed by atoms with van der Waals surface area (Å²) in [5.41, 5.74) is -0.0221. The van der Waals surface area contributed by atoms with Gasteiger partial charge >= 0.3 is 0 Å². The fourth-order valence-electron chi connectivity index (χ4n) is 2.63. The molecule has 0 saturated heterocycles. The number of halogens is 2. The zero-order chi connectivity index (χ0) is 17.3. The summed E-state index contributed by atoms with van der Waals surface area (Å²) in [4.78, 5) is 15.0. The number of fused-ring (bicyclic) bond motifs is 1.